The smallest absolute Gasteiger partial charge is 0.273 e. The molecule has 0 aromatic carbocycles. The highest BCUT2D eigenvalue weighted by Gasteiger charge is 2.31. The van der Waals surface area contributed by atoms with Gasteiger partial charge in [0.1, 0.15) is 5.82 Å². The average Bonchev–Trinajstić information content (AvgIpc) is 2.72. The zero-order valence-corrected chi connectivity index (χ0v) is 13.9. The summed E-state index contributed by atoms with van der Waals surface area (Å²) in [4.78, 5) is 0. The predicted octanol–water partition coefficient (Wildman–Crippen LogP) is 2.36. The predicted molar refractivity (Wildman–Crippen MR) is 78.9 cm³/mol. The molecule has 0 fully saturated rings. The van der Waals surface area contributed by atoms with Gasteiger partial charge >= 0.3 is 0 Å². The van der Waals surface area contributed by atoms with Crippen molar-refractivity contribution in [3.05, 3.63) is 5.82 Å². The molecule has 0 spiro atoms. The van der Waals surface area contributed by atoms with Crippen LogP contribution in [0.1, 0.15) is 72.0 Å². The standard InChI is InChI=1S/C13H26N4O2S/c1-6-8-10(9-7-2)11-15-16-12(20(14,18)19)17(11)13(3,4)5/h10H,6-9H2,1-5H3,(H2,14,18,19). The van der Waals surface area contributed by atoms with Crippen LogP contribution < -0.4 is 5.14 Å². The molecule has 0 aliphatic rings. The minimum atomic E-state index is -3.87. The van der Waals surface area contributed by atoms with E-state index in [2.05, 4.69) is 24.0 Å². The molecule has 2 N–H and O–H groups in total. The van der Waals surface area contributed by atoms with Crippen molar-refractivity contribution in [2.45, 2.75) is 76.9 Å². The first-order valence-corrected chi connectivity index (χ1v) is 8.66. The molecule has 0 radical (unpaired) electrons. The summed E-state index contributed by atoms with van der Waals surface area (Å²) in [5.41, 5.74) is -0.430. The molecule has 0 saturated heterocycles. The number of hydrogen-bond acceptors (Lipinski definition) is 4. The summed E-state index contributed by atoms with van der Waals surface area (Å²) >= 11 is 0. The fraction of sp³-hybridized carbons (Fsp3) is 0.846. The maximum absolute atomic E-state index is 11.7. The third-order valence-corrected chi connectivity index (χ3v) is 4.00. The number of sulfonamides is 1. The number of primary sulfonamides is 1. The molecule has 7 heteroatoms. The normalized spacial score (nSPS) is 13.2. The first-order valence-electron chi connectivity index (χ1n) is 7.11. The monoisotopic (exact) mass is 302 g/mol. The van der Waals surface area contributed by atoms with Crippen LogP contribution in [0.3, 0.4) is 0 Å². The van der Waals surface area contributed by atoms with E-state index in [1.165, 1.54) is 0 Å². The van der Waals surface area contributed by atoms with Crippen molar-refractivity contribution in [1.29, 1.82) is 0 Å². The highest BCUT2D eigenvalue weighted by Crippen LogP contribution is 2.30. The minimum Gasteiger partial charge on any atom is -0.295 e. The lowest BCUT2D eigenvalue weighted by molar-refractivity contribution is 0.334. The average molecular weight is 302 g/mol. The first kappa shape index (κ1) is 17.1. The lowest BCUT2D eigenvalue weighted by Gasteiger charge is -2.27. The third-order valence-electron chi connectivity index (χ3n) is 3.22. The number of rotatable bonds is 6. The van der Waals surface area contributed by atoms with E-state index in [9.17, 15) is 8.42 Å². The van der Waals surface area contributed by atoms with Gasteiger partial charge in [-0.25, -0.2) is 13.6 Å². The van der Waals surface area contributed by atoms with Crippen LogP contribution >= 0.6 is 0 Å². The lowest BCUT2D eigenvalue weighted by Crippen LogP contribution is -2.31. The third kappa shape index (κ3) is 3.79. The minimum absolute atomic E-state index is 0.141. The maximum atomic E-state index is 11.7. The fourth-order valence-electron chi connectivity index (χ4n) is 2.46. The van der Waals surface area contributed by atoms with Crippen molar-refractivity contribution < 1.29 is 8.42 Å². The summed E-state index contributed by atoms with van der Waals surface area (Å²) in [5, 5.41) is 13.1. The Morgan fingerprint density at radius 3 is 2.00 bits per heavy atom. The molecule has 0 aliphatic carbocycles. The molecule has 1 aromatic rings. The Kier molecular flexibility index (Phi) is 5.32. The van der Waals surface area contributed by atoms with Gasteiger partial charge in [-0.05, 0) is 33.6 Å². The van der Waals surface area contributed by atoms with Gasteiger partial charge in [0.15, 0.2) is 0 Å². The van der Waals surface area contributed by atoms with E-state index in [1.54, 1.807) is 4.57 Å². The SMILES string of the molecule is CCCC(CCC)c1nnc(S(N)(=O)=O)n1C(C)(C)C. The van der Waals surface area contributed by atoms with Crippen LogP contribution in [-0.4, -0.2) is 23.2 Å². The molecule has 116 valence electrons. The summed E-state index contributed by atoms with van der Waals surface area (Å²) in [6.07, 6.45) is 3.97. The van der Waals surface area contributed by atoms with Gasteiger partial charge in [0.2, 0.25) is 0 Å². The van der Waals surface area contributed by atoms with Gasteiger partial charge in [0.05, 0.1) is 0 Å². The van der Waals surface area contributed by atoms with Crippen LogP contribution in [0.5, 0.6) is 0 Å². The molecule has 20 heavy (non-hydrogen) atoms. The van der Waals surface area contributed by atoms with Gasteiger partial charge < -0.3 is 0 Å². The highest BCUT2D eigenvalue weighted by molar-refractivity contribution is 7.89. The van der Waals surface area contributed by atoms with Crippen molar-refractivity contribution in [3.8, 4) is 0 Å². The van der Waals surface area contributed by atoms with Gasteiger partial charge in [-0.15, -0.1) is 10.2 Å². The van der Waals surface area contributed by atoms with Crippen molar-refractivity contribution >= 4 is 10.0 Å². The van der Waals surface area contributed by atoms with E-state index in [4.69, 9.17) is 5.14 Å². The van der Waals surface area contributed by atoms with Crippen molar-refractivity contribution in [2.75, 3.05) is 0 Å². The van der Waals surface area contributed by atoms with Crippen LogP contribution in [0.2, 0.25) is 0 Å². The molecule has 1 rings (SSSR count). The molecule has 0 amide bonds. The summed E-state index contributed by atoms with van der Waals surface area (Å²) < 4.78 is 25.1. The van der Waals surface area contributed by atoms with Gasteiger partial charge in [-0.3, -0.25) is 4.57 Å². The molecular formula is C13H26N4O2S. The molecular weight excluding hydrogens is 276 g/mol. The molecule has 1 aromatic heterocycles. The van der Waals surface area contributed by atoms with Gasteiger partial charge in [0.25, 0.3) is 15.2 Å². The van der Waals surface area contributed by atoms with Crippen LogP contribution in [-0.2, 0) is 15.6 Å². The molecule has 0 aliphatic heterocycles. The van der Waals surface area contributed by atoms with Gasteiger partial charge in [-0.1, -0.05) is 26.7 Å². The molecule has 1 heterocycles. The van der Waals surface area contributed by atoms with Crippen LogP contribution in [0.25, 0.3) is 0 Å². The Hall–Kier alpha value is -0.950. The second-order valence-corrected chi connectivity index (χ2v) is 7.62. The van der Waals surface area contributed by atoms with E-state index >= 15 is 0 Å². The van der Waals surface area contributed by atoms with E-state index in [0.29, 0.717) is 0 Å². The van der Waals surface area contributed by atoms with E-state index < -0.39 is 15.6 Å². The van der Waals surface area contributed by atoms with Crippen LogP contribution in [0, 0.1) is 0 Å². The summed E-state index contributed by atoms with van der Waals surface area (Å²) in [7, 11) is -3.87. The van der Waals surface area contributed by atoms with E-state index in [1.807, 2.05) is 20.8 Å². The topological polar surface area (TPSA) is 90.9 Å². The van der Waals surface area contributed by atoms with Crippen molar-refractivity contribution in [3.63, 3.8) is 0 Å². The zero-order chi connectivity index (χ0) is 15.6. The first-order chi connectivity index (χ1) is 9.12. The number of aromatic nitrogens is 3. The second kappa shape index (κ2) is 6.22. The Morgan fingerprint density at radius 1 is 1.15 bits per heavy atom. The second-order valence-electron chi connectivity index (χ2n) is 6.17. The van der Waals surface area contributed by atoms with Gasteiger partial charge in [-0.2, -0.15) is 0 Å². The molecule has 0 atom stereocenters. The fourth-order valence-corrected chi connectivity index (χ4v) is 3.24. The molecule has 0 unspecified atom stereocenters. The Labute approximate surface area is 121 Å². The highest BCUT2D eigenvalue weighted by atomic mass is 32.2. The molecule has 6 nitrogen and oxygen atoms in total. The van der Waals surface area contributed by atoms with E-state index in [0.717, 1.165) is 31.5 Å². The van der Waals surface area contributed by atoms with Crippen molar-refractivity contribution in [1.82, 2.24) is 14.8 Å². The molecule has 0 bridgehead atoms. The number of hydrogen-bond donors (Lipinski definition) is 1. The number of nitrogens with zero attached hydrogens (tertiary/aromatic N) is 3. The van der Waals surface area contributed by atoms with Crippen LogP contribution in [0.15, 0.2) is 5.16 Å². The Bertz CT molecular complexity index is 537. The summed E-state index contributed by atoms with van der Waals surface area (Å²) in [6, 6.07) is 0. The maximum Gasteiger partial charge on any atom is 0.273 e. The largest absolute Gasteiger partial charge is 0.295 e. The summed E-state index contributed by atoms with van der Waals surface area (Å²) in [6.45, 7) is 10.0. The zero-order valence-electron chi connectivity index (χ0n) is 13.0. The molecule has 0 saturated carbocycles. The summed E-state index contributed by atoms with van der Waals surface area (Å²) in [5.74, 6) is 0.942. The lowest BCUT2D eigenvalue weighted by atomic mass is 9.96. The Balaban J connectivity index is 3.44. The van der Waals surface area contributed by atoms with Crippen LogP contribution in [0.4, 0.5) is 0 Å². The van der Waals surface area contributed by atoms with Gasteiger partial charge in [0, 0.05) is 11.5 Å². The Morgan fingerprint density at radius 2 is 1.65 bits per heavy atom. The quantitative estimate of drug-likeness (QED) is 0.873. The number of nitrogens with two attached hydrogens (primary N) is 1. The van der Waals surface area contributed by atoms with Crippen molar-refractivity contribution in [2.24, 2.45) is 5.14 Å². The van der Waals surface area contributed by atoms with E-state index in [-0.39, 0.29) is 11.1 Å².